The van der Waals surface area contributed by atoms with Crippen LogP contribution in [0.1, 0.15) is 10.4 Å². The van der Waals surface area contributed by atoms with Gasteiger partial charge >= 0.3 is 5.97 Å². The summed E-state index contributed by atoms with van der Waals surface area (Å²) in [7, 11) is 2.88. The zero-order valence-corrected chi connectivity index (χ0v) is 14.9. The van der Waals surface area contributed by atoms with Gasteiger partial charge in [0.25, 0.3) is 0 Å². The fourth-order valence-electron chi connectivity index (χ4n) is 2.34. The van der Waals surface area contributed by atoms with Crippen LogP contribution in [0.2, 0.25) is 0 Å². The lowest BCUT2D eigenvalue weighted by Crippen LogP contribution is -2.09. The fourth-order valence-corrected chi connectivity index (χ4v) is 2.80. The second-order valence-corrected chi connectivity index (χ2v) is 6.32. The van der Waals surface area contributed by atoms with Gasteiger partial charge in [-0.05, 0) is 46.9 Å². The Balaban J connectivity index is 2.21. The van der Waals surface area contributed by atoms with Crippen LogP contribution in [0, 0.1) is 15.2 Å². The molecule has 5 nitrogen and oxygen atoms in total. The van der Waals surface area contributed by atoms with E-state index < -0.39 is 17.6 Å². The third-order valence-corrected chi connectivity index (χ3v) is 4.23. The average molecular weight is 443 g/mol. The first-order chi connectivity index (χ1) is 11.4. The van der Waals surface area contributed by atoms with E-state index in [1.165, 1.54) is 31.6 Å². The second kappa shape index (κ2) is 6.34. The van der Waals surface area contributed by atoms with E-state index in [4.69, 9.17) is 4.74 Å². The molecular weight excluding hydrogens is 431 g/mol. The number of carbonyl (C=O) groups excluding carboxylic acids is 1. The van der Waals surface area contributed by atoms with Crippen LogP contribution in [0.25, 0.3) is 11.0 Å². The number of fused-ring (bicyclic) bond motifs is 1. The Labute approximate surface area is 149 Å². The first kappa shape index (κ1) is 16.6. The Bertz CT molecular complexity index is 956. The van der Waals surface area contributed by atoms with E-state index in [0.717, 1.165) is 0 Å². The fraction of sp³-hybridized carbons (Fsp3) is 0.125. The SMILES string of the molecule is COC(=O)c1cc2c(ncn2C)c(F)c1Nc1ccc(I)cc1F. The molecule has 1 N–H and O–H groups in total. The molecule has 0 amide bonds. The summed E-state index contributed by atoms with van der Waals surface area (Å²) in [6, 6.07) is 5.91. The molecule has 0 saturated heterocycles. The number of ether oxygens (including phenoxy) is 1. The van der Waals surface area contributed by atoms with Crippen LogP contribution < -0.4 is 5.32 Å². The summed E-state index contributed by atoms with van der Waals surface area (Å²) < 4.78 is 35.9. The number of carbonyl (C=O) groups is 1. The van der Waals surface area contributed by atoms with Crippen molar-refractivity contribution in [3.63, 3.8) is 0 Å². The number of rotatable bonds is 3. The van der Waals surface area contributed by atoms with Gasteiger partial charge in [-0.1, -0.05) is 0 Å². The van der Waals surface area contributed by atoms with Gasteiger partial charge in [0.1, 0.15) is 11.3 Å². The zero-order valence-electron chi connectivity index (χ0n) is 12.7. The van der Waals surface area contributed by atoms with Gasteiger partial charge in [0.05, 0.1) is 35.9 Å². The summed E-state index contributed by atoms with van der Waals surface area (Å²) in [5.41, 5.74) is 0.354. The summed E-state index contributed by atoms with van der Waals surface area (Å²) in [5, 5.41) is 2.65. The molecule has 0 spiro atoms. The number of nitrogens with zero attached hydrogens (tertiary/aromatic N) is 2. The highest BCUT2D eigenvalue weighted by atomic mass is 127. The normalized spacial score (nSPS) is 10.9. The maximum absolute atomic E-state index is 14.9. The van der Waals surface area contributed by atoms with Crippen molar-refractivity contribution >= 4 is 51.0 Å². The maximum Gasteiger partial charge on any atom is 0.340 e. The van der Waals surface area contributed by atoms with Crippen LogP contribution >= 0.6 is 22.6 Å². The molecule has 0 aliphatic carbocycles. The summed E-state index contributed by atoms with van der Waals surface area (Å²) >= 11 is 1.97. The molecular formula is C16H12F2IN3O2. The van der Waals surface area contributed by atoms with Crippen LogP contribution in [0.15, 0.2) is 30.6 Å². The number of halogens is 3. The number of benzene rings is 2. The molecule has 0 unspecified atom stereocenters. The third kappa shape index (κ3) is 2.81. The van der Waals surface area contributed by atoms with E-state index in [1.807, 2.05) is 22.6 Å². The van der Waals surface area contributed by atoms with E-state index in [9.17, 15) is 13.6 Å². The molecule has 0 bridgehead atoms. The number of esters is 1. The van der Waals surface area contributed by atoms with E-state index in [0.29, 0.717) is 9.09 Å². The number of hydrogen-bond acceptors (Lipinski definition) is 4. The van der Waals surface area contributed by atoms with Crippen LogP contribution in [0.5, 0.6) is 0 Å². The van der Waals surface area contributed by atoms with Gasteiger partial charge in [0, 0.05) is 10.6 Å². The Morgan fingerprint density at radius 1 is 1.33 bits per heavy atom. The van der Waals surface area contributed by atoms with Crippen LogP contribution in [-0.2, 0) is 11.8 Å². The predicted molar refractivity (Wildman–Crippen MR) is 94.4 cm³/mol. The Morgan fingerprint density at radius 3 is 2.75 bits per heavy atom. The average Bonchev–Trinajstić information content (AvgIpc) is 2.92. The van der Waals surface area contributed by atoms with Crippen molar-refractivity contribution in [1.29, 1.82) is 0 Å². The molecule has 1 aromatic heterocycles. The van der Waals surface area contributed by atoms with Gasteiger partial charge < -0.3 is 14.6 Å². The quantitative estimate of drug-likeness (QED) is 0.492. The maximum atomic E-state index is 14.9. The van der Waals surface area contributed by atoms with E-state index in [-0.39, 0.29) is 22.5 Å². The Kier molecular flexibility index (Phi) is 4.39. The number of hydrogen-bond donors (Lipinski definition) is 1. The smallest absolute Gasteiger partial charge is 0.340 e. The molecule has 0 fully saturated rings. The lowest BCUT2D eigenvalue weighted by molar-refractivity contribution is 0.0601. The molecule has 0 aliphatic rings. The molecule has 124 valence electrons. The first-order valence-electron chi connectivity index (χ1n) is 6.86. The van der Waals surface area contributed by atoms with Crippen molar-refractivity contribution in [2.45, 2.75) is 0 Å². The van der Waals surface area contributed by atoms with Crippen molar-refractivity contribution < 1.29 is 18.3 Å². The van der Waals surface area contributed by atoms with Crippen LogP contribution in [-0.4, -0.2) is 22.6 Å². The van der Waals surface area contributed by atoms with Gasteiger partial charge in [-0.25, -0.2) is 18.6 Å². The Hall–Kier alpha value is -2.23. The number of aromatic nitrogens is 2. The third-order valence-electron chi connectivity index (χ3n) is 3.56. The van der Waals surface area contributed by atoms with Crippen LogP contribution in [0.4, 0.5) is 20.2 Å². The highest BCUT2D eigenvalue weighted by molar-refractivity contribution is 14.1. The van der Waals surface area contributed by atoms with E-state index in [2.05, 4.69) is 10.3 Å². The number of nitrogens with one attached hydrogen (secondary N) is 1. The predicted octanol–water partition coefficient (Wildman–Crippen LogP) is 3.99. The lowest BCUT2D eigenvalue weighted by Gasteiger charge is -2.13. The number of imidazole rings is 1. The van der Waals surface area contributed by atoms with E-state index in [1.54, 1.807) is 17.7 Å². The van der Waals surface area contributed by atoms with Crippen LogP contribution in [0.3, 0.4) is 0 Å². The highest BCUT2D eigenvalue weighted by Gasteiger charge is 2.22. The van der Waals surface area contributed by atoms with Crippen molar-refractivity contribution in [3.8, 4) is 0 Å². The van der Waals surface area contributed by atoms with Gasteiger partial charge in [-0.15, -0.1) is 0 Å². The standard InChI is InChI=1S/C16H12F2IN3O2/c1-22-7-20-15-12(22)6-9(16(23)24-2)14(13(15)18)21-11-4-3-8(19)5-10(11)17/h3-7,21H,1-2H3. The van der Waals surface area contributed by atoms with Crippen molar-refractivity contribution in [3.05, 3.63) is 51.4 Å². The molecule has 0 saturated carbocycles. The molecule has 0 radical (unpaired) electrons. The second-order valence-electron chi connectivity index (χ2n) is 5.08. The van der Waals surface area contributed by atoms with E-state index >= 15 is 0 Å². The number of anilines is 2. The molecule has 2 aromatic carbocycles. The van der Waals surface area contributed by atoms with Crippen molar-refractivity contribution in [2.24, 2.45) is 7.05 Å². The Morgan fingerprint density at radius 2 is 2.08 bits per heavy atom. The summed E-state index contributed by atoms with van der Waals surface area (Å²) in [4.78, 5) is 16.0. The first-order valence-corrected chi connectivity index (χ1v) is 7.94. The molecule has 3 rings (SSSR count). The van der Waals surface area contributed by atoms with Crippen molar-refractivity contribution in [1.82, 2.24) is 9.55 Å². The molecule has 8 heteroatoms. The summed E-state index contributed by atoms with van der Waals surface area (Å²) in [6.07, 6.45) is 1.43. The highest BCUT2D eigenvalue weighted by Crippen LogP contribution is 2.32. The van der Waals surface area contributed by atoms with Crippen molar-refractivity contribution in [2.75, 3.05) is 12.4 Å². The van der Waals surface area contributed by atoms with Gasteiger partial charge in [0.2, 0.25) is 0 Å². The van der Waals surface area contributed by atoms with Gasteiger partial charge in [0.15, 0.2) is 5.82 Å². The number of methoxy groups -OCH3 is 1. The monoisotopic (exact) mass is 443 g/mol. The topological polar surface area (TPSA) is 56.1 Å². The largest absolute Gasteiger partial charge is 0.465 e. The molecule has 3 aromatic rings. The molecule has 0 aliphatic heterocycles. The van der Waals surface area contributed by atoms with Gasteiger partial charge in [-0.2, -0.15) is 0 Å². The minimum atomic E-state index is -0.744. The minimum Gasteiger partial charge on any atom is -0.465 e. The number of aryl methyl sites for hydroxylation is 1. The lowest BCUT2D eigenvalue weighted by atomic mass is 10.1. The van der Waals surface area contributed by atoms with Gasteiger partial charge in [-0.3, -0.25) is 0 Å². The zero-order chi connectivity index (χ0) is 17.4. The molecule has 1 heterocycles. The molecule has 0 atom stereocenters. The minimum absolute atomic E-state index is 0.0379. The summed E-state index contributed by atoms with van der Waals surface area (Å²) in [6.45, 7) is 0. The summed E-state index contributed by atoms with van der Waals surface area (Å²) in [5.74, 6) is -2.03. The molecule has 24 heavy (non-hydrogen) atoms.